The zero-order valence-electron chi connectivity index (χ0n) is 13.2. The van der Waals surface area contributed by atoms with Gasteiger partial charge in [0.1, 0.15) is 0 Å². The van der Waals surface area contributed by atoms with Crippen LogP contribution in [0.4, 0.5) is 0 Å². The number of benzene rings is 2. The average Bonchev–Trinajstić information content (AvgIpc) is 3.08. The highest BCUT2D eigenvalue weighted by Crippen LogP contribution is 2.12. The average molecular weight is 321 g/mol. The lowest BCUT2D eigenvalue weighted by atomic mass is 10.1. The SMILES string of the molecule is O=C(NCc1cnn(Cc2ccccc2)c1)C(O)c1ccccc1. The molecule has 2 aromatic carbocycles. The first-order valence-electron chi connectivity index (χ1n) is 7.78. The lowest BCUT2D eigenvalue weighted by Gasteiger charge is -2.10. The minimum atomic E-state index is -1.16. The van der Waals surface area contributed by atoms with E-state index >= 15 is 0 Å². The standard InChI is InChI=1S/C19H19N3O2/c23-18(17-9-5-2-6-10-17)19(24)20-11-16-12-21-22(14-16)13-15-7-3-1-4-8-15/h1-10,12,14,18,23H,11,13H2,(H,20,24). The predicted molar refractivity (Wildman–Crippen MR) is 91.0 cm³/mol. The van der Waals surface area contributed by atoms with Crippen LogP contribution >= 0.6 is 0 Å². The normalized spacial score (nSPS) is 11.9. The number of rotatable bonds is 6. The molecule has 0 saturated heterocycles. The van der Waals surface area contributed by atoms with E-state index in [1.807, 2.05) is 47.3 Å². The molecule has 0 saturated carbocycles. The minimum absolute atomic E-state index is 0.331. The minimum Gasteiger partial charge on any atom is -0.378 e. The van der Waals surface area contributed by atoms with Crippen LogP contribution in [0.25, 0.3) is 0 Å². The molecule has 0 radical (unpaired) electrons. The summed E-state index contributed by atoms with van der Waals surface area (Å²) in [5.74, 6) is -0.419. The van der Waals surface area contributed by atoms with Gasteiger partial charge in [0, 0.05) is 18.3 Å². The number of aliphatic hydroxyl groups is 1. The van der Waals surface area contributed by atoms with Gasteiger partial charge >= 0.3 is 0 Å². The number of aromatic nitrogens is 2. The fourth-order valence-corrected chi connectivity index (χ4v) is 2.43. The Morgan fingerprint density at radius 2 is 1.71 bits per heavy atom. The predicted octanol–water partition coefficient (Wildman–Crippen LogP) is 2.28. The summed E-state index contributed by atoms with van der Waals surface area (Å²) in [7, 11) is 0. The van der Waals surface area contributed by atoms with E-state index in [1.54, 1.807) is 30.5 Å². The van der Waals surface area contributed by atoms with Crippen molar-refractivity contribution in [1.29, 1.82) is 0 Å². The Morgan fingerprint density at radius 3 is 2.42 bits per heavy atom. The van der Waals surface area contributed by atoms with Crippen LogP contribution < -0.4 is 5.32 Å². The first kappa shape index (κ1) is 16.0. The van der Waals surface area contributed by atoms with Gasteiger partial charge in [0.2, 0.25) is 0 Å². The van der Waals surface area contributed by atoms with Gasteiger partial charge in [0.15, 0.2) is 6.10 Å². The van der Waals surface area contributed by atoms with E-state index in [0.29, 0.717) is 18.7 Å². The Balaban J connectivity index is 1.54. The maximum Gasteiger partial charge on any atom is 0.253 e. The molecule has 0 aliphatic carbocycles. The van der Waals surface area contributed by atoms with Gasteiger partial charge in [0.25, 0.3) is 5.91 Å². The van der Waals surface area contributed by atoms with E-state index < -0.39 is 12.0 Å². The van der Waals surface area contributed by atoms with Gasteiger partial charge in [-0.05, 0) is 11.1 Å². The zero-order valence-corrected chi connectivity index (χ0v) is 13.2. The number of carbonyl (C=O) groups excluding carboxylic acids is 1. The van der Waals surface area contributed by atoms with Gasteiger partial charge in [-0.1, -0.05) is 60.7 Å². The Morgan fingerprint density at radius 1 is 1.04 bits per heavy atom. The van der Waals surface area contributed by atoms with Crippen molar-refractivity contribution in [1.82, 2.24) is 15.1 Å². The fraction of sp³-hybridized carbons (Fsp3) is 0.158. The summed E-state index contributed by atoms with van der Waals surface area (Å²) in [6, 6.07) is 18.9. The van der Waals surface area contributed by atoms with E-state index in [2.05, 4.69) is 10.4 Å². The number of nitrogens with one attached hydrogen (secondary N) is 1. The third kappa shape index (κ3) is 4.08. The van der Waals surface area contributed by atoms with Crippen molar-refractivity contribution in [3.05, 3.63) is 89.7 Å². The van der Waals surface area contributed by atoms with Crippen LogP contribution in [0.5, 0.6) is 0 Å². The fourth-order valence-electron chi connectivity index (χ4n) is 2.43. The van der Waals surface area contributed by atoms with Gasteiger partial charge in [-0.25, -0.2) is 0 Å². The highest BCUT2D eigenvalue weighted by Gasteiger charge is 2.16. The Hall–Kier alpha value is -2.92. The molecule has 5 heteroatoms. The molecule has 0 fully saturated rings. The molecule has 0 aliphatic heterocycles. The van der Waals surface area contributed by atoms with Crippen molar-refractivity contribution >= 4 is 5.91 Å². The molecular weight excluding hydrogens is 302 g/mol. The molecule has 1 atom stereocenters. The van der Waals surface area contributed by atoms with E-state index in [4.69, 9.17) is 0 Å². The number of hydrogen-bond acceptors (Lipinski definition) is 3. The molecule has 0 aliphatic rings. The maximum absolute atomic E-state index is 12.0. The van der Waals surface area contributed by atoms with Gasteiger partial charge < -0.3 is 10.4 Å². The molecule has 2 N–H and O–H groups in total. The molecule has 1 unspecified atom stereocenters. The van der Waals surface area contributed by atoms with E-state index in [1.165, 1.54) is 0 Å². The second-order valence-corrected chi connectivity index (χ2v) is 5.56. The van der Waals surface area contributed by atoms with Crippen molar-refractivity contribution in [2.24, 2.45) is 0 Å². The van der Waals surface area contributed by atoms with E-state index in [9.17, 15) is 9.90 Å². The largest absolute Gasteiger partial charge is 0.378 e. The lowest BCUT2D eigenvalue weighted by molar-refractivity contribution is -0.129. The monoisotopic (exact) mass is 321 g/mol. The molecular formula is C19H19N3O2. The summed E-state index contributed by atoms with van der Waals surface area (Å²) in [5, 5.41) is 17.1. The smallest absolute Gasteiger partial charge is 0.253 e. The Labute approximate surface area is 140 Å². The second kappa shape index (κ2) is 7.57. The molecule has 122 valence electrons. The Bertz CT molecular complexity index is 785. The summed E-state index contributed by atoms with van der Waals surface area (Å²) in [6.45, 7) is 1.01. The maximum atomic E-state index is 12.0. The Kier molecular flexibility index (Phi) is 5.03. The number of nitrogens with zero attached hydrogens (tertiary/aromatic N) is 2. The zero-order chi connectivity index (χ0) is 16.8. The van der Waals surface area contributed by atoms with Gasteiger partial charge in [0.05, 0.1) is 12.7 Å². The molecule has 1 aromatic heterocycles. The van der Waals surface area contributed by atoms with Crippen molar-refractivity contribution < 1.29 is 9.90 Å². The van der Waals surface area contributed by atoms with Crippen LogP contribution in [0.15, 0.2) is 73.1 Å². The van der Waals surface area contributed by atoms with Crippen LogP contribution in [0, 0.1) is 0 Å². The topological polar surface area (TPSA) is 67.2 Å². The summed E-state index contributed by atoms with van der Waals surface area (Å²) < 4.78 is 1.82. The number of hydrogen-bond donors (Lipinski definition) is 2. The van der Waals surface area contributed by atoms with Crippen LogP contribution in [0.3, 0.4) is 0 Å². The van der Waals surface area contributed by atoms with E-state index in [-0.39, 0.29) is 0 Å². The molecule has 1 amide bonds. The van der Waals surface area contributed by atoms with Crippen molar-refractivity contribution in [2.45, 2.75) is 19.2 Å². The third-order valence-electron chi connectivity index (χ3n) is 3.70. The number of carbonyl (C=O) groups is 1. The summed E-state index contributed by atoms with van der Waals surface area (Å²) in [4.78, 5) is 12.0. The van der Waals surface area contributed by atoms with Crippen LogP contribution in [-0.2, 0) is 17.9 Å². The lowest BCUT2D eigenvalue weighted by Crippen LogP contribution is -2.28. The molecule has 0 spiro atoms. The van der Waals surface area contributed by atoms with Crippen LogP contribution in [0.1, 0.15) is 22.8 Å². The second-order valence-electron chi connectivity index (χ2n) is 5.56. The van der Waals surface area contributed by atoms with Crippen LogP contribution in [0.2, 0.25) is 0 Å². The molecule has 5 nitrogen and oxygen atoms in total. The number of aliphatic hydroxyl groups excluding tert-OH is 1. The highest BCUT2D eigenvalue weighted by atomic mass is 16.3. The summed E-state index contributed by atoms with van der Waals surface area (Å²) >= 11 is 0. The molecule has 3 rings (SSSR count). The summed E-state index contributed by atoms with van der Waals surface area (Å²) in [6.07, 6.45) is 2.45. The third-order valence-corrected chi connectivity index (χ3v) is 3.70. The van der Waals surface area contributed by atoms with Crippen LogP contribution in [-0.4, -0.2) is 20.8 Å². The van der Waals surface area contributed by atoms with Crippen molar-refractivity contribution in [2.75, 3.05) is 0 Å². The van der Waals surface area contributed by atoms with E-state index in [0.717, 1.165) is 11.1 Å². The van der Waals surface area contributed by atoms with Gasteiger partial charge in [-0.3, -0.25) is 9.48 Å². The number of amides is 1. The van der Waals surface area contributed by atoms with Gasteiger partial charge in [-0.15, -0.1) is 0 Å². The van der Waals surface area contributed by atoms with Crippen molar-refractivity contribution in [3.8, 4) is 0 Å². The van der Waals surface area contributed by atoms with Crippen molar-refractivity contribution in [3.63, 3.8) is 0 Å². The molecule has 1 heterocycles. The first-order chi connectivity index (χ1) is 11.7. The first-order valence-corrected chi connectivity index (χ1v) is 7.78. The molecule has 24 heavy (non-hydrogen) atoms. The molecule has 3 aromatic rings. The summed E-state index contributed by atoms with van der Waals surface area (Å²) in [5.41, 5.74) is 2.63. The van der Waals surface area contributed by atoms with Gasteiger partial charge in [-0.2, -0.15) is 5.10 Å². The quantitative estimate of drug-likeness (QED) is 0.732. The molecule has 0 bridgehead atoms. The highest BCUT2D eigenvalue weighted by molar-refractivity contribution is 5.81.